The van der Waals surface area contributed by atoms with Gasteiger partial charge >= 0.3 is 0 Å². The lowest BCUT2D eigenvalue weighted by molar-refractivity contribution is 0.0683. The maximum atomic E-state index is 12.6. The number of aryl methyl sites for hydroxylation is 1. The Morgan fingerprint density at radius 2 is 1.72 bits per heavy atom. The summed E-state index contributed by atoms with van der Waals surface area (Å²) in [6.07, 6.45) is 2.95. The fourth-order valence-electron chi connectivity index (χ4n) is 3.04. The summed E-state index contributed by atoms with van der Waals surface area (Å²) in [6, 6.07) is 0. The summed E-state index contributed by atoms with van der Waals surface area (Å²) >= 11 is 0. The molecule has 0 aromatic carbocycles. The zero-order valence-electron chi connectivity index (χ0n) is 14.8. The molecule has 0 amide bonds. The van der Waals surface area contributed by atoms with Gasteiger partial charge in [-0.05, 0) is 6.42 Å². The summed E-state index contributed by atoms with van der Waals surface area (Å²) in [7, 11) is -3.38. The number of aromatic nitrogens is 2. The zero-order chi connectivity index (χ0) is 17.7. The third kappa shape index (κ3) is 4.76. The fraction of sp³-hybridized carbons (Fsp3) is 0.867. The molecule has 0 aliphatic carbocycles. The van der Waals surface area contributed by atoms with Crippen LogP contribution in [0.15, 0.2) is 4.52 Å². The van der Waals surface area contributed by atoms with E-state index in [-0.39, 0.29) is 0 Å². The molecule has 0 bridgehead atoms. The fourth-order valence-corrected chi connectivity index (χ4v) is 4.60. The van der Waals surface area contributed by atoms with Crippen molar-refractivity contribution < 1.29 is 17.7 Å². The molecule has 3 rings (SSSR count). The molecule has 2 fully saturated rings. The highest BCUT2D eigenvalue weighted by Crippen LogP contribution is 2.15. The average Bonchev–Trinajstić information content (AvgIpc) is 3.08. The largest absolute Gasteiger partial charge is 0.379 e. The molecule has 1 aromatic heterocycles. The number of piperazine rings is 1. The second-order valence-electron chi connectivity index (χ2n) is 6.40. The van der Waals surface area contributed by atoms with Gasteiger partial charge in [-0.15, -0.1) is 0 Å². The van der Waals surface area contributed by atoms with E-state index in [1.165, 1.54) is 4.31 Å². The number of morpholine rings is 1. The lowest BCUT2D eigenvalue weighted by Crippen LogP contribution is -2.54. The van der Waals surface area contributed by atoms with Gasteiger partial charge in [0.15, 0.2) is 5.82 Å². The van der Waals surface area contributed by atoms with Crippen molar-refractivity contribution in [3.8, 4) is 0 Å². The smallest absolute Gasteiger partial charge is 0.282 e. The van der Waals surface area contributed by atoms with E-state index in [0.717, 1.165) is 19.3 Å². The van der Waals surface area contributed by atoms with Crippen molar-refractivity contribution in [3.05, 3.63) is 11.7 Å². The first-order chi connectivity index (χ1) is 12.1. The molecule has 3 heterocycles. The van der Waals surface area contributed by atoms with Gasteiger partial charge in [0, 0.05) is 45.7 Å². The molecule has 142 valence electrons. The van der Waals surface area contributed by atoms with Crippen molar-refractivity contribution in [1.29, 1.82) is 0 Å². The van der Waals surface area contributed by atoms with E-state index in [1.54, 1.807) is 4.31 Å². The SMILES string of the molecule is CCCCc1nc(CN2CCN(S(=O)(=O)N3CCOCC3)CC2)no1. The molecule has 25 heavy (non-hydrogen) atoms. The summed E-state index contributed by atoms with van der Waals surface area (Å²) in [5.41, 5.74) is 0. The van der Waals surface area contributed by atoms with Crippen LogP contribution in [0, 0.1) is 0 Å². The minimum atomic E-state index is -3.38. The van der Waals surface area contributed by atoms with Crippen LogP contribution in [-0.2, 0) is 27.9 Å². The monoisotopic (exact) mass is 373 g/mol. The van der Waals surface area contributed by atoms with Gasteiger partial charge in [0.2, 0.25) is 5.89 Å². The van der Waals surface area contributed by atoms with Crippen LogP contribution in [0.4, 0.5) is 0 Å². The van der Waals surface area contributed by atoms with Crippen LogP contribution in [-0.4, -0.2) is 84.6 Å². The normalized spacial score (nSPS) is 21.6. The third-order valence-corrected chi connectivity index (χ3v) is 6.61. The second-order valence-corrected chi connectivity index (χ2v) is 8.33. The molecule has 0 saturated carbocycles. The number of unbranched alkanes of at least 4 members (excludes halogenated alkanes) is 1. The van der Waals surface area contributed by atoms with Crippen LogP contribution >= 0.6 is 0 Å². The molecular formula is C15H27N5O4S. The van der Waals surface area contributed by atoms with E-state index in [1.807, 2.05) is 0 Å². The lowest BCUT2D eigenvalue weighted by Gasteiger charge is -2.37. The van der Waals surface area contributed by atoms with Gasteiger partial charge in [-0.25, -0.2) is 0 Å². The summed E-state index contributed by atoms with van der Waals surface area (Å²) in [5.74, 6) is 1.36. The minimum Gasteiger partial charge on any atom is -0.379 e. The number of hydrogen-bond acceptors (Lipinski definition) is 7. The van der Waals surface area contributed by atoms with E-state index < -0.39 is 10.2 Å². The van der Waals surface area contributed by atoms with Gasteiger partial charge in [-0.1, -0.05) is 18.5 Å². The van der Waals surface area contributed by atoms with Gasteiger partial charge in [-0.2, -0.15) is 22.0 Å². The topological polar surface area (TPSA) is 92.0 Å². The zero-order valence-corrected chi connectivity index (χ0v) is 15.6. The van der Waals surface area contributed by atoms with E-state index >= 15 is 0 Å². The average molecular weight is 373 g/mol. The standard InChI is InChI=1S/C15H27N5O4S/c1-2-3-4-15-16-14(17-24-15)13-18-5-7-19(8-6-18)25(21,22)20-9-11-23-12-10-20/h2-13H2,1H3. The molecule has 2 saturated heterocycles. The maximum Gasteiger partial charge on any atom is 0.282 e. The molecule has 0 radical (unpaired) electrons. The summed E-state index contributed by atoms with van der Waals surface area (Å²) in [5, 5.41) is 4.02. The Bertz CT molecular complexity index is 636. The number of hydrogen-bond donors (Lipinski definition) is 0. The van der Waals surface area contributed by atoms with Crippen molar-refractivity contribution in [3.63, 3.8) is 0 Å². The summed E-state index contributed by atoms with van der Waals surface area (Å²) in [6.45, 7) is 6.85. The van der Waals surface area contributed by atoms with Gasteiger partial charge in [0.1, 0.15) is 0 Å². The lowest BCUT2D eigenvalue weighted by atomic mass is 10.2. The van der Waals surface area contributed by atoms with Crippen LogP contribution < -0.4 is 0 Å². The Morgan fingerprint density at radius 1 is 1.04 bits per heavy atom. The van der Waals surface area contributed by atoms with Crippen molar-refractivity contribution >= 4 is 10.2 Å². The number of nitrogens with zero attached hydrogens (tertiary/aromatic N) is 5. The Labute approximate surface area is 149 Å². The van der Waals surface area contributed by atoms with Gasteiger partial charge in [-0.3, -0.25) is 4.90 Å². The third-order valence-electron chi connectivity index (χ3n) is 4.57. The van der Waals surface area contributed by atoms with E-state index in [9.17, 15) is 8.42 Å². The molecule has 0 spiro atoms. The Kier molecular flexibility index (Phi) is 6.39. The van der Waals surface area contributed by atoms with Crippen LogP contribution in [0.1, 0.15) is 31.5 Å². The highest BCUT2D eigenvalue weighted by Gasteiger charge is 2.33. The van der Waals surface area contributed by atoms with Crippen molar-refractivity contribution in [2.75, 3.05) is 52.5 Å². The molecule has 0 atom stereocenters. The quantitative estimate of drug-likeness (QED) is 0.670. The molecule has 0 N–H and O–H groups in total. The summed E-state index contributed by atoms with van der Waals surface area (Å²) in [4.78, 5) is 6.58. The van der Waals surface area contributed by atoms with Gasteiger partial charge in [0.05, 0.1) is 19.8 Å². The van der Waals surface area contributed by atoms with Crippen LogP contribution in [0.2, 0.25) is 0 Å². The first-order valence-corrected chi connectivity index (χ1v) is 10.4. The van der Waals surface area contributed by atoms with E-state index in [0.29, 0.717) is 70.7 Å². The molecule has 1 aromatic rings. The minimum absolute atomic E-state index is 0.436. The Balaban J connectivity index is 1.49. The predicted octanol–water partition coefficient (Wildman–Crippen LogP) is 0.107. The number of ether oxygens (including phenoxy) is 1. The highest BCUT2D eigenvalue weighted by atomic mass is 32.2. The highest BCUT2D eigenvalue weighted by molar-refractivity contribution is 7.86. The second kappa shape index (κ2) is 8.54. The van der Waals surface area contributed by atoms with E-state index in [4.69, 9.17) is 9.26 Å². The Morgan fingerprint density at radius 3 is 2.40 bits per heavy atom. The molecule has 2 aliphatic heterocycles. The van der Waals surface area contributed by atoms with Crippen molar-refractivity contribution in [1.82, 2.24) is 23.7 Å². The number of rotatable bonds is 7. The Hall–Kier alpha value is -1.07. The molecule has 9 nitrogen and oxygen atoms in total. The van der Waals surface area contributed by atoms with Gasteiger partial charge < -0.3 is 9.26 Å². The van der Waals surface area contributed by atoms with Crippen LogP contribution in [0.3, 0.4) is 0 Å². The molecular weight excluding hydrogens is 346 g/mol. The summed E-state index contributed by atoms with van der Waals surface area (Å²) < 4.78 is 38.9. The van der Waals surface area contributed by atoms with Gasteiger partial charge in [0.25, 0.3) is 10.2 Å². The molecule has 0 unspecified atom stereocenters. The first kappa shape index (κ1) is 18.7. The van der Waals surface area contributed by atoms with Crippen molar-refractivity contribution in [2.45, 2.75) is 32.7 Å². The maximum absolute atomic E-state index is 12.6. The first-order valence-electron chi connectivity index (χ1n) is 8.96. The van der Waals surface area contributed by atoms with Crippen LogP contribution in [0.25, 0.3) is 0 Å². The molecule has 2 aliphatic rings. The van der Waals surface area contributed by atoms with Crippen molar-refractivity contribution in [2.24, 2.45) is 0 Å². The predicted molar refractivity (Wildman–Crippen MR) is 91.1 cm³/mol. The van der Waals surface area contributed by atoms with E-state index in [2.05, 4.69) is 22.0 Å². The molecule has 10 heteroatoms. The van der Waals surface area contributed by atoms with Crippen LogP contribution in [0.5, 0.6) is 0 Å².